The Hall–Kier alpha value is -1.41. The molecule has 6 nitrogen and oxygen atoms in total. The minimum Gasteiger partial charge on any atom is -0.478 e. The van der Waals surface area contributed by atoms with Crippen LogP contribution in [0, 0.1) is 0 Å². The van der Waals surface area contributed by atoms with E-state index in [4.69, 9.17) is 10.8 Å². The maximum Gasteiger partial charge on any atom is 0.335 e. The Morgan fingerprint density at radius 2 is 1.94 bits per heavy atom. The van der Waals surface area contributed by atoms with Gasteiger partial charge in [-0.1, -0.05) is 0 Å². The number of carboxylic acid groups (broad SMARTS) is 1. The molecule has 1 rings (SSSR count). The van der Waals surface area contributed by atoms with Crippen LogP contribution in [-0.2, 0) is 14.6 Å². The van der Waals surface area contributed by atoms with Crippen molar-refractivity contribution in [2.45, 2.75) is 4.90 Å². The minimum absolute atomic E-state index is 0.184. The van der Waals surface area contributed by atoms with Gasteiger partial charge in [-0.2, -0.15) is 0 Å². The molecular weight excluding hydrogens is 314 g/mol. The molecule has 1 amide bonds. The lowest BCUT2D eigenvalue weighted by molar-refractivity contribution is -0.115. The van der Waals surface area contributed by atoms with E-state index in [9.17, 15) is 18.0 Å². The Labute approximate surface area is 105 Å². The van der Waals surface area contributed by atoms with Gasteiger partial charge < -0.3 is 10.8 Å². The van der Waals surface area contributed by atoms with Gasteiger partial charge in [-0.15, -0.1) is 0 Å². The number of carbonyl (C=O) groups excluding carboxylic acids is 1. The Kier molecular flexibility index (Phi) is 3.89. The lowest BCUT2D eigenvalue weighted by Gasteiger charge is -2.05. The van der Waals surface area contributed by atoms with E-state index < -0.39 is 27.5 Å². The first kappa shape index (κ1) is 13.7. The van der Waals surface area contributed by atoms with Crippen LogP contribution in [-0.4, -0.2) is 31.2 Å². The van der Waals surface area contributed by atoms with Gasteiger partial charge in [0.05, 0.1) is 10.5 Å². The van der Waals surface area contributed by atoms with Gasteiger partial charge in [0.15, 0.2) is 9.84 Å². The van der Waals surface area contributed by atoms with Gasteiger partial charge in [-0.05, 0) is 34.1 Å². The van der Waals surface area contributed by atoms with E-state index in [1.807, 2.05) is 0 Å². The van der Waals surface area contributed by atoms with Crippen molar-refractivity contribution < 1.29 is 23.1 Å². The van der Waals surface area contributed by atoms with Crippen molar-refractivity contribution >= 4 is 37.6 Å². The van der Waals surface area contributed by atoms with Crippen molar-refractivity contribution in [3.63, 3.8) is 0 Å². The Morgan fingerprint density at radius 3 is 2.41 bits per heavy atom. The number of hydrogen-bond donors (Lipinski definition) is 2. The minimum atomic E-state index is -3.93. The number of halogens is 1. The highest BCUT2D eigenvalue weighted by Crippen LogP contribution is 2.24. The lowest BCUT2D eigenvalue weighted by Crippen LogP contribution is -2.23. The summed E-state index contributed by atoms with van der Waals surface area (Å²) in [6, 6.07) is 3.51. The van der Waals surface area contributed by atoms with Crippen molar-refractivity contribution in [3.8, 4) is 0 Å². The van der Waals surface area contributed by atoms with E-state index in [2.05, 4.69) is 15.9 Å². The molecule has 0 aliphatic heterocycles. The predicted octanol–water partition coefficient (Wildman–Crippen LogP) is 0.406. The first-order valence-corrected chi connectivity index (χ1v) is 6.72. The second-order valence-corrected chi connectivity index (χ2v) is 5.99. The first-order chi connectivity index (χ1) is 7.74. The summed E-state index contributed by atoms with van der Waals surface area (Å²) < 4.78 is 23.6. The lowest BCUT2D eigenvalue weighted by atomic mass is 10.2. The summed E-state index contributed by atoms with van der Waals surface area (Å²) in [6.07, 6.45) is 0. The quantitative estimate of drug-likeness (QED) is 0.833. The van der Waals surface area contributed by atoms with E-state index in [0.717, 1.165) is 6.07 Å². The zero-order chi connectivity index (χ0) is 13.2. The molecule has 8 heteroatoms. The molecule has 0 aliphatic carbocycles. The molecule has 0 radical (unpaired) electrons. The summed E-state index contributed by atoms with van der Waals surface area (Å²) in [5.41, 5.74) is 4.63. The second kappa shape index (κ2) is 4.84. The van der Waals surface area contributed by atoms with E-state index in [-0.39, 0.29) is 14.9 Å². The van der Waals surface area contributed by atoms with Crippen LogP contribution < -0.4 is 5.73 Å². The highest BCUT2D eigenvalue weighted by atomic mass is 79.9. The van der Waals surface area contributed by atoms with Crippen molar-refractivity contribution in [2.75, 3.05) is 5.75 Å². The van der Waals surface area contributed by atoms with Crippen LogP contribution in [0.1, 0.15) is 10.4 Å². The fourth-order valence-corrected chi connectivity index (χ4v) is 3.33. The van der Waals surface area contributed by atoms with E-state index in [1.165, 1.54) is 12.1 Å². The summed E-state index contributed by atoms with van der Waals surface area (Å²) >= 11 is 2.98. The first-order valence-electron chi connectivity index (χ1n) is 4.28. The monoisotopic (exact) mass is 321 g/mol. The zero-order valence-electron chi connectivity index (χ0n) is 8.38. The average molecular weight is 322 g/mol. The Bertz CT molecular complexity index is 581. The third-order valence-corrected chi connectivity index (χ3v) is 4.47. The third kappa shape index (κ3) is 3.27. The number of amides is 1. The smallest absolute Gasteiger partial charge is 0.335 e. The number of nitrogens with two attached hydrogens (primary N) is 1. The number of sulfone groups is 1. The topological polar surface area (TPSA) is 115 Å². The molecule has 0 aliphatic rings. The van der Waals surface area contributed by atoms with Gasteiger partial charge in [-0.3, -0.25) is 4.79 Å². The SMILES string of the molecule is NC(=O)CS(=O)(=O)c1cc(C(=O)O)ccc1Br. The van der Waals surface area contributed by atoms with Crippen LogP contribution in [0.5, 0.6) is 0 Å². The number of rotatable bonds is 4. The number of hydrogen-bond acceptors (Lipinski definition) is 4. The largest absolute Gasteiger partial charge is 0.478 e. The predicted molar refractivity (Wildman–Crippen MR) is 62.3 cm³/mol. The van der Waals surface area contributed by atoms with Gasteiger partial charge in [0, 0.05) is 4.47 Å². The number of aromatic carboxylic acids is 1. The molecule has 0 atom stereocenters. The molecular formula is C9H8BrNO5S. The maximum atomic E-state index is 11.7. The van der Waals surface area contributed by atoms with Crippen LogP contribution in [0.2, 0.25) is 0 Å². The van der Waals surface area contributed by atoms with Gasteiger partial charge >= 0.3 is 5.97 Å². The molecule has 0 heterocycles. The molecule has 0 bridgehead atoms. The molecule has 0 aromatic heterocycles. The van der Waals surface area contributed by atoms with Crippen molar-refractivity contribution in [2.24, 2.45) is 5.73 Å². The summed E-state index contributed by atoms with van der Waals surface area (Å²) in [5, 5.41) is 8.75. The summed E-state index contributed by atoms with van der Waals surface area (Å²) in [6.45, 7) is 0. The fourth-order valence-electron chi connectivity index (χ4n) is 1.14. The van der Waals surface area contributed by atoms with Crippen molar-refractivity contribution in [1.82, 2.24) is 0 Å². The molecule has 92 valence electrons. The number of carboxylic acids is 1. The molecule has 0 fully saturated rings. The second-order valence-electron chi connectivity index (χ2n) is 3.18. The van der Waals surface area contributed by atoms with Gasteiger partial charge in [0.1, 0.15) is 5.75 Å². The molecule has 0 spiro atoms. The van der Waals surface area contributed by atoms with Crippen molar-refractivity contribution in [1.29, 1.82) is 0 Å². The normalized spacial score (nSPS) is 11.1. The van der Waals surface area contributed by atoms with Gasteiger partial charge in [-0.25, -0.2) is 13.2 Å². The van der Waals surface area contributed by atoms with Crippen LogP contribution >= 0.6 is 15.9 Å². The molecule has 3 N–H and O–H groups in total. The number of primary amides is 1. The molecule has 0 unspecified atom stereocenters. The highest BCUT2D eigenvalue weighted by Gasteiger charge is 2.22. The summed E-state index contributed by atoms with van der Waals surface area (Å²) in [5.74, 6) is -3.13. The maximum absolute atomic E-state index is 11.7. The van der Waals surface area contributed by atoms with Crippen molar-refractivity contribution in [3.05, 3.63) is 28.2 Å². The van der Waals surface area contributed by atoms with Crippen LogP contribution in [0.4, 0.5) is 0 Å². The average Bonchev–Trinajstić information content (AvgIpc) is 2.15. The molecule has 0 saturated heterocycles. The highest BCUT2D eigenvalue weighted by molar-refractivity contribution is 9.10. The summed E-state index contributed by atoms with van der Waals surface area (Å²) in [7, 11) is -3.93. The Morgan fingerprint density at radius 1 is 1.35 bits per heavy atom. The molecule has 1 aromatic rings. The molecule has 0 saturated carbocycles. The standard InChI is InChI=1S/C9H8BrNO5S/c10-6-2-1-5(9(13)14)3-7(6)17(15,16)4-8(11)12/h1-3H,4H2,(H2,11,12)(H,13,14). The third-order valence-electron chi connectivity index (χ3n) is 1.85. The van der Waals surface area contributed by atoms with Gasteiger partial charge in [0.25, 0.3) is 0 Å². The number of benzene rings is 1. The van der Waals surface area contributed by atoms with Crippen LogP contribution in [0.15, 0.2) is 27.6 Å². The Balaban J connectivity index is 3.35. The van der Waals surface area contributed by atoms with E-state index in [1.54, 1.807) is 0 Å². The number of carbonyl (C=O) groups is 2. The molecule has 1 aromatic carbocycles. The van der Waals surface area contributed by atoms with E-state index >= 15 is 0 Å². The van der Waals surface area contributed by atoms with Crippen LogP contribution in [0.3, 0.4) is 0 Å². The zero-order valence-corrected chi connectivity index (χ0v) is 10.8. The molecule has 17 heavy (non-hydrogen) atoms. The van der Waals surface area contributed by atoms with Gasteiger partial charge in [0.2, 0.25) is 5.91 Å². The summed E-state index contributed by atoms with van der Waals surface area (Å²) in [4.78, 5) is 21.1. The fraction of sp³-hybridized carbons (Fsp3) is 0.111. The van der Waals surface area contributed by atoms with Crippen LogP contribution in [0.25, 0.3) is 0 Å². The van der Waals surface area contributed by atoms with E-state index in [0.29, 0.717) is 0 Å².